The Bertz CT molecular complexity index is 418. The lowest BCUT2D eigenvalue weighted by molar-refractivity contribution is 0.0529. The quantitative estimate of drug-likeness (QED) is 0.782. The second kappa shape index (κ2) is 6.93. The fourth-order valence-corrected chi connectivity index (χ4v) is 4.18. The van der Waals surface area contributed by atoms with Gasteiger partial charge in [0.1, 0.15) is 0 Å². The molecule has 115 valence electrons. The maximum atomic E-state index is 4.50. The highest BCUT2D eigenvalue weighted by Gasteiger charge is 2.39. The van der Waals surface area contributed by atoms with Crippen LogP contribution in [0.5, 0.6) is 0 Å². The van der Waals surface area contributed by atoms with Crippen LogP contribution in [0.25, 0.3) is 0 Å². The zero-order valence-corrected chi connectivity index (χ0v) is 13.4. The standard InChI is InChI=1S/C19H29N2/c1-2-18(21-13-11-20-12-14-21)16-19(9-6-10-19)15-17-7-4-3-5-8-17/h3-5,7-8,18H,2,6,9-16H2,1H3. The number of hydrogen-bond donors (Lipinski definition) is 0. The number of hydrogen-bond acceptors (Lipinski definition) is 1. The molecule has 1 heterocycles. The second-order valence-corrected chi connectivity index (χ2v) is 6.99. The molecule has 1 saturated carbocycles. The molecule has 1 aliphatic heterocycles. The van der Waals surface area contributed by atoms with Crippen molar-refractivity contribution in [3.63, 3.8) is 0 Å². The predicted octanol–water partition coefficient (Wildman–Crippen LogP) is 3.49. The molecule has 0 N–H and O–H groups in total. The number of piperazine rings is 1. The van der Waals surface area contributed by atoms with E-state index in [-0.39, 0.29) is 0 Å². The molecule has 0 bridgehead atoms. The minimum atomic E-state index is 0.580. The highest BCUT2D eigenvalue weighted by atomic mass is 15.2. The molecular formula is C19H29N2. The van der Waals surface area contributed by atoms with Crippen LogP contribution < -0.4 is 5.32 Å². The summed E-state index contributed by atoms with van der Waals surface area (Å²) >= 11 is 0. The van der Waals surface area contributed by atoms with E-state index in [9.17, 15) is 0 Å². The molecule has 2 heteroatoms. The van der Waals surface area contributed by atoms with E-state index in [0.29, 0.717) is 5.41 Å². The van der Waals surface area contributed by atoms with E-state index < -0.39 is 0 Å². The molecule has 2 aliphatic rings. The summed E-state index contributed by atoms with van der Waals surface area (Å²) in [7, 11) is 0. The van der Waals surface area contributed by atoms with E-state index in [2.05, 4.69) is 47.5 Å². The molecule has 0 aromatic heterocycles. The molecule has 21 heavy (non-hydrogen) atoms. The molecule has 1 aromatic rings. The van der Waals surface area contributed by atoms with Gasteiger partial charge in [0.05, 0.1) is 0 Å². The fourth-order valence-electron chi connectivity index (χ4n) is 4.18. The molecular weight excluding hydrogens is 256 g/mol. The van der Waals surface area contributed by atoms with Crippen molar-refractivity contribution in [3.8, 4) is 0 Å². The van der Waals surface area contributed by atoms with Gasteiger partial charge in [-0.2, -0.15) is 0 Å². The number of benzene rings is 1. The molecule has 1 atom stereocenters. The van der Waals surface area contributed by atoms with Gasteiger partial charge in [-0.3, -0.25) is 4.90 Å². The van der Waals surface area contributed by atoms with Crippen LogP contribution in [-0.4, -0.2) is 37.1 Å². The summed E-state index contributed by atoms with van der Waals surface area (Å²) in [6.45, 7) is 6.81. The van der Waals surface area contributed by atoms with Crippen molar-refractivity contribution >= 4 is 0 Å². The van der Waals surface area contributed by atoms with Crippen LogP contribution in [0.15, 0.2) is 30.3 Å². The Morgan fingerprint density at radius 2 is 1.86 bits per heavy atom. The zero-order valence-electron chi connectivity index (χ0n) is 13.4. The van der Waals surface area contributed by atoms with Crippen LogP contribution in [0.1, 0.15) is 44.6 Å². The Hall–Kier alpha value is -0.860. The molecule has 1 aromatic carbocycles. The lowest BCUT2D eigenvalue weighted by atomic mass is 9.62. The van der Waals surface area contributed by atoms with E-state index in [1.165, 1.54) is 57.2 Å². The lowest BCUT2D eigenvalue weighted by Gasteiger charge is -2.47. The van der Waals surface area contributed by atoms with E-state index in [0.717, 1.165) is 19.1 Å². The van der Waals surface area contributed by atoms with Gasteiger partial charge in [0.2, 0.25) is 0 Å². The predicted molar refractivity (Wildman–Crippen MR) is 88.6 cm³/mol. The Kier molecular flexibility index (Phi) is 4.97. The first kappa shape index (κ1) is 15.1. The number of rotatable bonds is 6. The van der Waals surface area contributed by atoms with E-state index >= 15 is 0 Å². The lowest BCUT2D eigenvalue weighted by Crippen LogP contribution is -2.49. The van der Waals surface area contributed by atoms with Gasteiger partial charge in [-0.15, -0.1) is 0 Å². The molecule has 1 saturated heterocycles. The van der Waals surface area contributed by atoms with Gasteiger partial charge in [-0.1, -0.05) is 43.7 Å². The van der Waals surface area contributed by atoms with E-state index in [1.54, 1.807) is 0 Å². The van der Waals surface area contributed by atoms with Crippen molar-refractivity contribution in [2.45, 2.75) is 51.5 Å². The fraction of sp³-hybridized carbons (Fsp3) is 0.684. The third-order valence-electron chi connectivity index (χ3n) is 5.58. The summed E-state index contributed by atoms with van der Waals surface area (Å²) in [6.07, 6.45) is 8.24. The van der Waals surface area contributed by atoms with Gasteiger partial charge in [0.15, 0.2) is 0 Å². The second-order valence-electron chi connectivity index (χ2n) is 6.99. The average Bonchev–Trinajstić information content (AvgIpc) is 2.51. The monoisotopic (exact) mass is 285 g/mol. The van der Waals surface area contributed by atoms with Crippen molar-refractivity contribution in [2.75, 3.05) is 26.2 Å². The van der Waals surface area contributed by atoms with Crippen LogP contribution in [0, 0.1) is 5.41 Å². The largest absolute Gasteiger partial charge is 0.298 e. The van der Waals surface area contributed by atoms with Crippen LogP contribution in [0.4, 0.5) is 0 Å². The summed E-state index contributed by atoms with van der Waals surface area (Å²) < 4.78 is 0. The Balaban J connectivity index is 1.64. The Labute approximate surface area is 129 Å². The van der Waals surface area contributed by atoms with Gasteiger partial charge < -0.3 is 0 Å². The molecule has 1 aliphatic carbocycles. The van der Waals surface area contributed by atoms with Crippen LogP contribution in [-0.2, 0) is 6.42 Å². The Morgan fingerprint density at radius 1 is 1.14 bits per heavy atom. The first-order chi connectivity index (χ1) is 10.3. The van der Waals surface area contributed by atoms with Crippen LogP contribution in [0.2, 0.25) is 0 Å². The number of nitrogens with zero attached hydrogens (tertiary/aromatic N) is 2. The highest BCUT2D eigenvalue weighted by molar-refractivity contribution is 5.17. The zero-order chi connectivity index (χ0) is 14.5. The molecule has 3 rings (SSSR count). The van der Waals surface area contributed by atoms with Crippen LogP contribution in [0.3, 0.4) is 0 Å². The van der Waals surface area contributed by atoms with Crippen LogP contribution >= 0.6 is 0 Å². The van der Waals surface area contributed by atoms with Crippen molar-refractivity contribution in [2.24, 2.45) is 5.41 Å². The highest BCUT2D eigenvalue weighted by Crippen LogP contribution is 2.48. The summed E-state index contributed by atoms with van der Waals surface area (Å²) in [5.41, 5.74) is 2.11. The molecule has 1 unspecified atom stereocenters. The normalized spacial score (nSPS) is 23.5. The van der Waals surface area contributed by atoms with Crippen molar-refractivity contribution < 1.29 is 0 Å². The first-order valence-electron chi connectivity index (χ1n) is 8.73. The molecule has 0 spiro atoms. The summed E-state index contributed by atoms with van der Waals surface area (Å²) in [5, 5.41) is 4.50. The topological polar surface area (TPSA) is 17.3 Å². The average molecular weight is 285 g/mol. The van der Waals surface area contributed by atoms with Gasteiger partial charge in [0.25, 0.3) is 0 Å². The summed E-state index contributed by atoms with van der Waals surface area (Å²) in [6, 6.07) is 11.9. The third-order valence-corrected chi connectivity index (χ3v) is 5.58. The van der Waals surface area contributed by atoms with Crippen molar-refractivity contribution in [1.82, 2.24) is 10.2 Å². The van der Waals surface area contributed by atoms with Gasteiger partial charge in [-0.25, -0.2) is 5.32 Å². The van der Waals surface area contributed by atoms with Gasteiger partial charge in [-0.05, 0) is 43.1 Å². The minimum absolute atomic E-state index is 0.580. The summed E-state index contributed by atoms with van der Waals surface area (Å²) in [4.78, 5) is 2.71. The van der Waals surface area contributed by atoms with Crippen molar-refractivity contribution in [1.29, 1.82) is 0 Å². The Morgan fingerprint density at radius 3 is 2.43 bits per heavy atom. The molecule has 2 nitrogen and oxygen atoms in total. The molecule has 2 fully saturated rings. The summed E-state index contributed by atoms with van der Waals surface area (Å²) in [5.74, 6) is 0. The maximum absolute atomic E-state index is 4.50. The maximum Gasteiger partial charge on any atom is 0.0261 e. The SMILES string of the molecule is CCC(CC1(Cc2ccccc2)CCC1)N1CC[N]CC1. The third kappa shape index (κ3) is 3.67. The smallest absolute Gasteiger partial charge is 0.0261 e. The minimum Gasteiger partial charge on any atom is -0.298 e. The van der Waals surface area contributed by atoms with E-state index in [1.807, 2.05) is 0 Å². The van der Waals surface area contributed by atoms with E-state index in [4.69, 9.17) is 0 Å². The van der Waals surface area contributed by atoms with Gasteiger partial charge >= 0.3 is 0 Å². The van der Waals surface area contributed by atoms with Crippen molar-refractivity contribution in [3.05, 3.63) is 35.9 Å². The van der Waals surface area contributed by atoms with Gasteiger partial charge in [0, 0.05) is 32.2 Å². The molecule has 0 amide bonds. The first-order valence-corrected chi connectivity index (χ1v) is 8.73. The molecule has 1 radical (unpaired) electrons.